The standard InChI is InChI=1S/C13H24NO5P/c1-3-17-20(16,18-4-2)19-12-8-9-13(15)14-10-6-5-7-11-14/h8-9H,3-7,10-12H2,1-2H3/b9-8+. The fourth-order valence-electron chi connectivity index (χ4n) is 1.93. The first-order valence-electron chi connectivity index (χ1n) is 7.10. The summed E-state index contributed by atoms with van der Waals surface area (Å²) in [5.41, 5.74) is 0. The van der Waals surface area contributed by atoms with Gasteiger partial charge in [0.25, 0.3) is 0 Å². The van der Waals surface area contributed by atoms with Gasteiger partial charge in [0, 0.05) is 19.2 Å². The van der Waals surface area contributed by atoms with Gasteiger partial charge in [-0.05, 0) is 33.1 Å². The fourth-order valence-corrected chi connectivity index (χ4v) is 3.06. The van der Waals surface area contributed by atoms with Crippen LogP contribution in [-0.4, -0.2) is 43.7 Å². The van der Waals surface area contributed by atoms with Crippen LogP contribution in [0.3, 0.4) is 0 Å². The summed E-state index contributed by atoms with van der Waals surface area (Å²) >= 11 is 0. The molecule has 1 rings (SSSR count). The maximum Gasteiger partial charge on any atom is 0.475 e. The highest BCUT2D eigenvalue weighted by atomic mass is 31.2. The number of phosphoric ester groups is 1. The molecule has 1 saturated heterocycles. The van der Waals surface area contributed by atoms with Crippen LogP contribution in [-0.2, 0) is 22.9 Å². The van der Waals surface area contributed by atoms with Crippen LogP contribution in [0.25, 0.3) is 0 Å². The highest BCUT2D eigenvalue weighted by Crippen LogP contribution is 2.49. The minimum Gasteiger partial charge on any atom is -0.339 e. The molecule has 0 saturated carbocycles. The molecule has 116 valence electrons. The largest absolute Gasteiger partial charge is 0.475 e. The van der Waals surface area contributed by atoms with Gasteiger partial charge in [-0.1, -0.05) is 6.08 Å². The number of rotatable bonds is 8. The second-order valence-corrected chi connectivity index (χ2v) is 6.04. The summed E-state index contributed by atoms with van der Waals surface area (Å²) in [5.74, 6) is -0.0315. The zero-order chi connectivity index (χ0) is 14.8. The molecule has 0 spiro atoms. The lowest BCUT2D eigenvalue weighted by molar-refractivity contribution is -0.126. The van der Waals surface area contributed by atoms with Crippen LogP contribution in [0.4, 0.5) is 0 Å². The molecule has 6 nitrogen and oxygen atoms in total. The number of carbonyl (C=O) groups excluding carboxylic acids is 1. The van der Waals surface area contributed by atoms with E-state index in [1.165, 1.54) is 12.5 Å². The van der Waals surface area contributed by atoms with Crippen LogP contribution in [0.15, 0.2) is 12.2 Å². The van der Waals surface area contributed by atoms with Crippen molar-refractivity contribution in [1.29, 1.82) is 0 Å². The molecule has 20 heavy (non-hydrogen) atoms. The number of hydrogen-bond donors (Lipinski definition) is 0. The molecular weight excluding hydrogens is 281 g/mol. The lowest BCUT2D eigenvalue weighted by Crippen LogP contribution is -2.34. The Bertz CT molecular complexity index is 356. The monoisotopic (exact) mass is 305 g/mol. The summed E-state index contributed by atoms with van der Waals surface area (Å²) < 4.78 is 27.0. The number of likely N-dealkylation sites (tertiary alicyclic amines) is 1. The Morgan fingerprint density at radius 3 is 2.25 bits per heavy atom. The van der Waals surface area contributed by atoms with Crippen molar-refractivity contribution in [2.45, 2.75) is 33.1 Å². The highest BCUT2D eigenvalue weighted by Gasteiger charge is 2.24. The van der Waals surface area contributed by atoms with Gasteiger partial charge in [0.1, 0.15) is 0 Å². The summed E-state index contributed by atoms with van der Waals surface area (Å²) in [4.78, 5) is 13.6. The molecule has 0 bridgehead atoms. The molecule has 0 atom stereocenters. The summed E-state index contributed by atoms with van der Waals surface area (Å²) in [6.45, 7) is 5.55. The zero-order valence-corrected chi connectivity index (χ0v) is 13.1. The van der Waals surface area contributed by atoms with E-state index in [1.54, 1.807) is 19.9 Å². The lowest BCUT2D eigenvalue weighted by Gasteiger charge is -2.25. The van der Waals surface area contributed by atoms with Crippen LogP contribution in [0.2, 0.25) is 0 Å². The van der Waals surface area contributed by atoms with Gasteiger partial charge in [0.15, 0.2) is 0 Å². The van der Waals surface area contributed by atoms with Crippen molar-refractivity contribution >= 4 is 13.7 Å². The first-order valence-corrected chi connectivity index (χ1v) is 8.56. The molecular formula is C13H24NO5P. The molecule has 7 heteroatoms. The van der Waals surface area contributed by atoms with Crippen molar-refractivity contribution in [3.05, 3.63) is 12.2 Å². The van der Waals surface area contributed by atoms with Crippen molar-refractivity contribution in [1.82, 2.24) is 4.90 Å². The third-order valence-corrected chi connectivity index (χ3v) is 4.45. The fraction of sp³-hybridized carbons (Fsp3) is 0.769. The van der Waals surface area contributed by atoms with Gasteiger partial charge < -0.3 is 4.90 Å². The molecule has 1 amide bonds. The van der Waals surface area contributed by atoms with E-state index in [4.69, 9.17) is 13.6 Å². The van der Waals surface area contributed by atoms with Crippen molar-refractivity contribution in [3.8, 4) is 0 Å². The summed E-state index contributed by atoms with van der Waals surface area (Å²) in [7, 11) is -3.49. The Balaban J connectivity index is 2.35. The second kappa shape index (κ2) is 9.29. The Morgan fingerprint density at radius 1 is 1.10 bits per heavy atom. The van der Waals surface area contributed by atoms with Gasteiger partial charge in [0.05, 0.1) is 19.8 Å². The molecule has 1 fully saturated rings. The number of hydrogen-bond acceptors (Lipinski definition) is 5. The highest BCUT2D eigenvalue weighted by molar-refractivity contribution is 7.48. The SMILES string of the molecule is CCOP(=O)(OCC)OC/C=C/C(=O)N1CCCCC1. The molecule has 1 heterocycles. The van der Waals surface area contributed by atoms with E-state index in [-0.39, 0.29) is 25.7 Å². The van der Waals surface area contributed by atoms with E-state index in [2.05, 4.69) is 0 Å². The predicted octanol–water partition coefficient (Wildman–Crippen LogP) is 2.75. The van der Waals surface area contributed by atoms with Gasteiger partial charge in [-0.3, -0.25) is 18.4 Å². The third-order valence-electron chi connectivity index (χ3n) is 2.83. The van der Waals surface area contributed by atoms with E-state index >= 15 is 0 Å². The summed E-state index contributed by atoms with van der Waals surface area (Å²) in [6.07, 6.45) is 6.29. The predicted molar refractivity (Wildman–Crippen MR) is 76.4 cm³/mol. The average Bonchev–Trinajstić information content (AvgIpc) is 2.45. The number of amides is 1. The van der Waals surface area contributed by atoms with Crippen LogP contribution >= 0.6 is 7.82 Å². The van der Waals surface area contributed by atoms with Crippen LogP contribution < -0.4 is 0 Å². The summed E-state index contributed by atoms with van der Waals surface area (Å²) in [5, 5.41) is 0. The Hall–Kier alpha value is -0.680. The van der Waals surface area contributed by atoms with Crippen LogP contribution in [0, 0.1) is 0 Å². The molecule has 0 N–H and O–H groups in total. The van der Waals surface area contributed by atoms with Gasteiger partial charge in [-0.2, -0.15) is 0 Å². The normalized spacial score (nSPS) is 16.8. The number of nitrogens with zero attached hydrogens (tertiary/aromatic N) is 1. The van der Waals surface area contributed by atoms with E-state index in [0.29, 0.717) is 0 Å². The summed E-state index contributed by atoms with van der Waals surface area (Å²) in [6, 6.07) is 0. The van der Waals surface area contributed by atoms with E-state index in [9.17, 15) is 9.36 Å². The molecule has 0 aromatic rings. The number of piperidine rings is 1. The third kappa shape index (κ3) is 6.18. The first kappa shape index (κ1) is 17.4. The Labute approximate surface area is 120 Å². The zero-order valence-electron chi connectivity index (χ0n) is 12.2. The Kier molecular flexibility index (Phi) is 8.07. The molecule has 0 unspecified atom stereocenters. The van der Waals surface area contributed by atoms with Crippen molar-refractivity contribution < 1.29 is 22.9 Å². The second-order valence-electron chi connectivity index (χ2n) is 4.37. The van der Waals surface area contributed by atoms with Crippen LogP contribution in [0.1, 0.15) is 33.1 Å². The van der Waals surface area contributed by atoms with E-state index < -0.39 is 7.82 Å². The van der Waals surface area contributed by atoms with Crippen molar-refractivity contribution in [2.75, 3.05) is 32.9 Å². The molecule has 0 aliphatic carbocycles. The van der Waals surface area contributed by atoms with E-state index in [1.807, 2.05) is 4.90 Å². The quantitative estimate of drug-likeness (QED) is 0.509. The topological polar surface area (TPSA) is 65.1 Å². The molecule has 1 aliphatic heterocycles. The van der Waals surface area contributed by atoms with Crippen LogP contribution in [0.5, 0.6) is 0 Å². The average molecular weight is 305 g/mol. The van der Waals surface area contributed by atoms with E-state index in [0.717, 1.165) is 25.9 Å². The van der Waals surface area contributed by atoms with Crippen molar-refractivity contribution in [3.63, 3.8) is 0 Å². The minimum atomic E-state index is -3.49. The Morgan fingerprint density at radius 2 is 1.70 bits per heavy atom. The van der Waals surface area contributed by atoms with Gasteiger partial charge >= 0.3 is 7.82 Å². The van der Waals surface area contributed by atoms with Gasteiger partial charge in [-0.15, -0.1) is 0 Å². The van der Waals surface area contributed by atoms with Gasteiger partial charge in [-0.25, -0.2) is 4.57 Å². The maximum atomic E-state index is 12.0. The lowest BCUT2D eigenvalue weighted by atomic mass is 10.1. The smallest absolute Gasteiger partial charge is 0.339 e. The number of phosphoric acid groups is 1. The number of carbonyl (C=O) groups is 1. The minimum absolute atomic E-state index is 0.0247. The molecule has 0 radical (unpaired) electrons. The molecule has 1 aliphatic rings. The van der Waals surface area contributed by atoms with Crippen molar-refractivity contribution in [2.24, 2.45) is 0 Å². The molecule has 0 aromatic carbocycles. The molecule has 0 aromatic heterocycles. The maximum absolute atomic E-state index is 12.0. The first-order chi connectivity index (χ1) is 9.61. The van der Waals surface area contributed by atoms with Gasteiger partial charge in [0.2, 0.25) is 5.91 Å².